The fourth-order valence-corrected chi connectivity index (χ4v) is 4.01. The molecule has 0 aliphatic carbocycles. The van der Waals surface area contributed by atoms with E-state index in [9.17, 15) is 0 Å². The molecule has 0 radical (unpaired) electrons. The van der Waals surface area contributed by atoms with Crippen molar-refractivity contribution >= 4 is 12.2 Å². The molecule has 3 aromatic rings. The van der Waals surface area contributed by atoms with Crippen molar-refractivity contribution < 1.29 is 9.64 Å². The van der Waals surface area contributed by atoms with Crippen LogP contribution in [-0.2, 0) is 6.67 Å². The molecule has 0 saturated carbocycles. The number of hydrogen-bond donors (Lipinski definition) is 1. The summed E-state index contributed by atoms with van der Waals surface area (Å²) in [5.41, 5.74) is 1.99. The second-order valence-corrected chi connectivity index (χ2v) is 7.44. The van der Waals surface area contributed by atoms with E-state index in [-0.39, 0.29) is 0 Å². The van der Waals surface area contributed by atoms with Gasteiger partial charge in [0, 0.05) is 18.0 Å². The highest BCUT2D eigenvalue weighted by atomic mass is 32.1. The molecule has 1 aromatic carbocycles. The van der Waals surface area contributed by atoms with Crippen LogP contribution in [0.3, 0.4) is 0 Å². The van der Waals surface area contributed by atoms with E-state index in [1.165, 1.54) is 32.4 Å². The molecule has 1 saturated heterocycles. The Kier molecular flexibility index (Phi) is 5.83. The molecule has 28 heavy (non-hydrogen) atoms. The lowest BCUT2D eigenvalue weighted by Gasteiger charge is -2.22. The number of ether oxygens (including phenoxy) is 1. The first-order valence-corrected chi connectivity index (χ1v) is 10.3. The van der Waals surface area contributed by atoms with Gasteiger partial charge in [-0.1, -0.05) is 0 Å². The number of hydrogen-bond acceptors (Lipinski definition) is 4. The van der Waals surface area contributed by atoms with Crippen LogP contribution in [0.4, 0.5) is 0 Å². The first kappa shape index (κ1) is 18.8. The van der Waals surface area contributed by atoms with E-state index in [4.69, 9.17) is 22.1 Å². The zero-order valence-corrected chi connectivity index (χ0v) is 17.0. The number of likely N-dealkylation sites (tertiary alicyclic amines) is 1. The molecule has 0 spiro atoms. The molecule has 7 heteroatoms. The van der Waals surface area contributed by atoms with Gasteiger partial charge in [-0.25, -0.2) is 0 Å². The Hall–Kier alpha value is -2.51. The molecular weight excluding hydrogens is 370 g/mol. The minimum atomic E-state index is 0.650. The van der Waals surface area contributed by atoms with Crippen LogP contribution in [0.1, 0.15) is 26.2 Å². The molecule has 1 N–H and O–H groups in total. The molecule has 4 rings (SSSR count). The minimum absolute atomic E-state index is 0.650. The standard InChI is InChI=1S/C21H25N5OS/c1-2-27-19-8-6-18(7-9-19)26-20(17-10-12-22-13-11-17)23-25(21(26)28)16-24-14-4-3-5-15-24/h6-13H,2-5,14-16H2,1H3/p+1. The molecule has 0 bridgehead atoms. The zero-order valence-electron chi connectivity index (χ0n) is 16.2. The number of pyridine rings is 1. The highest BCUT2D eigenvalue weighted by Gasteiger charge is 2.19. The normalized spacial score (nSPS) is 14.9. The predicted molar refractivity (Wildman–Crippen MR) is 111 cm³/mol. The summed E-state index contributed by atoms with van der Waals surface area (Å²) in [5.74, 6) is 1.70. The lowest BCUT2D eigenvalue weighted by Crippen LogP contribution is -3.12. The Morgan fingerprint density at radius 1 is 1.04 bits per heavy atom. The number of quaternary nitrogens is 1. The van der Waals surface area contributed by atoms with Crippen molar-refractivity contribution in [3.8, 4) is 22.8 Å². The first-order valence-electron chi connectivity index (χ1n) is 9.93. The Morgan fingerprint density at radius 2 is 1.75 bits per heavy atom. The van der Waals surface area contributed by atoms with Crippen molar-refractivity contribution in [1.82, 2.24) is 19.3 Å². The van der Waals surface area contributed by atoms with Gasteiger partial charge in [0.15, 0.2) is 12.5 Å². The lowest BCUT2D eigenvalue weighted by molar-refractivity contribution is -0.928. The number of nitrogens with one attached hydrogen (secondary N) is 1. The van der Waals surface area contributed by atoms with Gasteiger partial charge in [0.2, 0.25) is 4.77 Å². The molecule has 0 amide bonds. The zero-order chi connectivity index (χ0) is 19.3. The van der Waals surface area contributed by atoms with Crippen LogP contribution in [0, 0.1) is 4.77 Å². The highest BCUT2D eigenvalue weighted by molar-refractivity contribution is 7.71. The molecule has 1 aliphatic heterocycles. The van der Waals surface area contributed by atoms with E-state index in [1.54, 1.807) is 17.3 Å². The van der Waals surface area contributed by atoms with Crippen LogP contribution in [0.15, 0.2) is 48.8 Å². The topological polar surface area (TPSA) is 49.3 Å². The van der Waals surface area contributed by atoms with Gasteiger partial charge in [-0.15, -0.1) is 5.10 Å². The van der Waals surface area contributed by atoms with Gasteiger partial charge in [0.05, 0.1) is 25.4 Å². The van der Waals surface area contributed by atoms with Crippen LogP contribution in [0.25, 0.3) is 17.1 Å². The Labute approximate surface area is 170 Å². The third-order valence-electron chi connectivity index (χ3n) is 5.12. The molecule has 3 heterocycles. The average molecular weight is 397 g/mol. The van der Waals surface area contributed by atoms with Crippen molar-refractivity contribution in [1.29, 1.82) is 0 Å². The maximum atomic E-state index is 5.85. The summed E-state index contributed by atoms with van der Waals surface area (Å²) in [6.07, 6.45) is 7.46. The predicted octanol–water partition coefficient (Wildman–Crippen LogP) is 2.89. The van der Waals surface area contributed by atoms with Gasteiger partial charge in [-0.05, 0) is 74.8 Å². The van der Waals surface area contributed by atoms with E-state index in [0.717, 1.165) is 29.5 Å². The Bertz CT molecular complexity index is 959. The molecule has 146 valence electrons. The van der Waals surface area contributed by atoms with Crippen LogP contribution >= 0.6 is 12.2 Å². The molecular formula is C21H26N5OS+. The average Bonchev–Trinajstić information content (AvgIpc) is 3.06. The van der Waals surface area contributed by atoms with E-state index in [1.807, 2.05) is 52.6 Å². The maximum absolute atomic E-state index is 5.85. The number of piperidine rings is 1. The summed E-state index contributed by atoms with van der Waals surface area (Å²) in [7, 11) is 0. The smallest absolute Gasteiger partial charge is 0.207 e. The van der Waals surface area contributed by atoms with Crippen molar-refractivity contribution in [2.75, 3.05) is 19.7 Å². The van der Waals surface area contributed by atoms with Crippen LogP contribution in [0.2, 0.25) is 0 Å². The van der Waals surface area contributed by atoms with Crippen LogP contribution < -0.4 is 9.64 Å². The van der Waals surface area contributed by atoms with Crippen LogP contribution in [-0.4, -0.2) is 39.0 Å². The highest BCUT2D eigenvalue weighted by Crippen LogP contribution is 2.23. The van der Waals surface area contributed by atoms with Gasteiger partial charge in [0.25, 0.3) is 0 Å². The Balaban J connectivity index is 1.75. The summed E-state index contributed by atoms with van der Waals surface area (Å²) in [4.78, 5) is 5.68. The number of benzene rings is 1. The fourth-order valence-electron chi connectivity index (χ4n) is 3.71. The summed E-state index contributed by atoms with van der Waals surface area (Å²) in [6, 6.07) is 12.0. The van der Waals surface area contributed by atoms with Crippen LogP contribution in [0.5, 0.6) is 5.75 Å². The van der Waals surface area contributed by atoms with Crippen molar-refractivity contribution in [3.63, 3.8) is 0 Å². The quantitative estimate of drug-likeness (QED) is 0.651. The maximum Gasteiger partial charge on any atom is 0.207 e. The van der Waals surface area contributed by atoms with Gasteiger partial charge in [0.1, 0.15) is 5.75 Å². The summed E-state index contributed by atoms with van der Waals surface area (Å²) in [5, 5.41) is 4.90. The molecule has 1 fully saturated rings. The van der Waals surface area contributed by atoms with Gasteiger partial charge in [-0.2, -0.15) is 4.68 Å². The third-order valence-corrected chi connectivity index (χ3v) is 5.51. The van der Waals surface area contributed by atoms with Gasteiger partial charge < -0.3 is 9.64 Å². The second kappa shape index (κ2) is 8.67. The van der Waals surface area contributed by atoms with E-state index >= 15 is 0 Å². The fraction of sp³-hybridized carbons (Fsp3) is 0.381. The van der Waals surface area contributed by atoms with Crippen molar-refractivity contribution in [2.24, 2.45) is 0 Å². The molecule has 2 aromatic heterocycles. The van der Waals surface area contributed by atoms with E-state index < -0.39 is 0 Å². The molecule has 0 atom stereocenters. The molecule has 6 nitrogen and oxygen atoms in total. The lowest BCUT2D eigenvalue weighted by atomic mass is 10.1. The van der Waals surface area contributed by atoms with Crippen molar-refractivity contribution in [2.45, 2.75) is 32.9 Å². The Morgan fingerprint density at radius 3 is 2.43 bits per heavy atom. The minimum Gasteiger partial charge on any atom is -0.494 e. The molecule has 1 aliphatic rings. The van der Waals surface area contributed by atoms with E-state index in [0.29, 0.717) is 11.4 Å². The monoisotopic (exact) mass is 396 g/mol. The first-order chi connectivity index (χ1) is 13.8. The number of nitrogens with zero attached hydrogens (tertiary/aromatic N) is 4. The van der Waals surface area contributed by atoms with Gasteiger partial charge >= 0.3 is 0 Å². The van der Waals surface area contributed by atoms with Crippen molar-refractivity contribution in [3.05, 3.63) is 53.6 Å². The van der Waals surface area contributed by atoms with E-state index in [2.05, 4.69) is 4.98 Å². The number of aromatic nitrogens is 4. The SMILES string of the molecule is CCOc1ccc(-n2c(-c3ccncc3)nn(C[NH+]3CCCCC3)c2=S)cc1. The second-order valence-electron chi connectivity index (χ2n) is 7.07. The number of rotatable bonds is 6. The van der Waals surface area contributed by atoms with Gasteiger partial charge in [-0.3, -0.25) is 9.55 Å². The summed E-state index contributed by atoms with van der Waals surface area (Å²) < 4.78 is 10.3. The third kappa shape index (κ3) is 4.00. The summed E-state index contributed by atoms with van der Waals surface area (Å²) >= 11 is 5.85. The summed E-state index contributed by atoms with van der Waals surface area (Å²) in [6.45, 7) is 5.81. The molecule has 0 unspecified atom stereocenters. The largest absolute Gasteiger partial charge is 0.494 e.